The van der Waals surface area contributed by atoms with Crippen molar-refractivity contribution in [3.8, 4) is 0 Å². The standard InChI is InChI=1S/C18H22/c1-18(2,3)17-10-6-9-15-11-13-7-4-5-8-14(13)12-16(15)17/h6,9-12H,4-5,7-8H2,1-3H3. The molecule has 0 nitrogen and oxygen atoms in total. The van der Waals surface area contributed by atoms with Gasteiger partial charge in [0.15, 0.2) is 0 Å². The maximum Gasteiger partial charge on any atom is -0.0126 e. The molecule has 0 radical (unpaired) electrons. The predicted octanol–water partition coefficient (Wildman–Crippen LogP) is 5.02. The van der Waals surface area contributed by atoms with Gasteiger partial charge in [0.05, 0.1) is 0 Å². The van der Waals surface area contributed by atoms with Gasteiger partial charge < -0.3 is 0 Å². The summed E-state index contributed by atoms with van der Waals surface area (Å²) in [5.74, 6) is 0. The molecule has 1 aliphatic carbocycles. The van der Waals surface area contributed by atoms with Crippen LogP contribution in [-0.4, -0.2) is 0 Å². The zero-order chi connectivity index (χ0) is 12.8. The Morgan fingerprint density at radius 1 is 0.889 bits per heavy atom. The first-order valence-corrected chi connectivity index (χ1v) is 7.11. The van der Waals surface area contributed by atoms with Crippen molar-refractivity contribution in [1.29, 1.82) is 0 Å². The minimum absolute atomic E-state index is 0.225. The van der Waals surface area contributed by atoms with Crippen molar-refractivity contribution in [3.05, 3.63) is 47.0 Å². The van der Waals surface area contributed by atoms with Gasteiger partial charge in [0, 0.05) is 0 Å². The quantitative estimate of drug-likeness (QED) is 0.605. The molecular formula is C18H22. The predicted molar refractivity (Wildman–Crippen MR) is 79.3 cm³/mol. The Balaban J connectivity index is 2.28. The van der Waals surface area contributed by atoms with Gasteiger partial charge in [-0.25, -0.2) is 0 Å². The summed E-state index contributed by atoms with van der Waals surface area (Å²) < 4.78 is 0. The second-order valence-electron chi connectivity index (χ2n) is 6.60. The van der Waals surface area contributed by atoms with Crippen LogP contribution in [0.25, 0.3) is 10.8 Å². The minimum Gasteiger partial charge on any atom is -0.0613 e. The van der Waals surface area contributed by atoms with Crippen molar-refractivity contribution in [2.24, 2.45) is 0 Å². The van der Waals surface area contributed by atoms with Crippen molar-refractivity contribution >= 4 is 10.8 Å². The third-order valence-corrected chi connectivity index (χ3v) is 4.15. The van der Waals surface area contributed by atoms with Crippen LogP contribution in [-0.2, 0) is 18.3 Å². The second kappa shape index (κ2) is 4.12. The third kappa shape index (κ3) is 1.94. The van der Waals surface area contributed by atoms with Gasteiger partial charge in [0.1, 0.15) is 0 Å². The molecule has 2 aromatic carbocycles. The molecule has 0 bridgehead atoms. The lowest BCUT2D eigenvalue weighted by Gasteiger charge is -2.23. The SMILES string of the molecule is CC(C)(C)c1cccc2cc3c(cc12)CCCC3. The van der Waals surface area contributed by atoms with E-state index in [2.05, 4.69) is 51.1 Å². The smallest absolute Gasteiger partial charge is 0.0126 e. The van der Waals surface area contributed by atoms with Crippen LogP contribution in [0.15, 0.2) is 30.3 Å². The highest BCUT2D eigenvalue weighted by atomic mass is 14.2. The van der Waals surface area contributed by atoms with Crippen molar-refractivity contribution in [3.63, 3.8) is 0 Å². The zero-order valence-electron chi connectivity index (χ0n) is 11.7. The van der Waals surface area contributed by atoms with Crippen LogP contribution >= 0.6 is 0 Å². The van der Waals surface area contributed by atoms with Crippen LogP contribution in [0.4, 0.5) is 0 Å². The van der Waals surface area contributed by atoms with Crippen molar-refractivity contribution < 1.29 is 0 Å². The number of hydrogen-bond donors (Lipinski definition) is 0. The van der Waals surface area contributed by atoms with E-state index in [0.29, 0.717) is 0 Å². The van der Waals surface area contributed by atoms with Crippen LogP contribution in [0, 0.1) is 0 Å². The maximum atomic E-state index is 2.46. The molecule has 1 aliphatic rings. The van der Waals surface area contributed by atoms with Gasteiger partial charge in [-0.15, -0.1) is 0 Å². The van der Waals surface area contributed by atoms with E-state index in [1.54, 1.807) is 11.1 Å². The minimum atomic E-state index is 0.225. The molecule has 2 aromatic rings. The highest BCUT2D eigenvalue weighted by Crippen LogP contribution is 2.33. The number of rotatable bonds is 0. The van der Waals surface area contributed by atoms with E-state index in [0.717, 1.165) is 0 Å². The molecule has 0 saturated carbocycles. The van der Waals surface area contributed by atoms with Gasteiger partial charge in [-0.1, -0.05) is 51.1 Å². The summed E-state index contributed by atoms with van der Waals surface area (Å²) in [6, 6.07) is 11.7. The van der Waals surface area contributed by atoms with Crippen LogP contribution in [0.1, 0.15) is 50.3 Å². The van der Waals surface area contributed by atoms with Gasteiger partial charge in [-0.3, -0.25) is 0 Å². The zero-order valence-corrected chi connectivity index (χ0v) is 11.7. The molecule has 0 saturated heterocycles. The third-order valence-electron chi connectivity index (χ3n) is 4.15. The van der Waals surface area contributed by atoms with Gasteiger partial charge in [-0.05, 0) is 58.6 Å². The van der Waals surface area contributed by atoms with E-state index in [-0.39, 0.29) is 5.41 Å². The molecule has 0 aliphatic heterocycles. The lowest BCUT2D eigenvalue weighted by molar-refractivity contribution is 0.595. The Labute approximate surface area is 110 Å². The van der Waals surface area contributed by atoms with Crippen LogP contribution in [0.2, 0.25) is 0 Å². The summed E-state index contributed by atoms with van der Waals surface area (Å²) in [5.41, 5.74) is 4.88. The fourth-order valence-corrected chi connectivity index (χ4v) is 3.17. The molecule has 0 unspecified atom stereocenters. The van der Waals surface area contributed by atoms with Gasteiger partial charge in [0.25, 0.3) is 0 Å². The molecule has 0 aromatic heterocycles. The molecule has 18 heavy (non-hydrogen) atoms. The molecule has 0 heterocycles. The van der Waals surface area contributed by atoms with E-state index in [1.807, 2.05) is 0 Å². The maximum absolute atomic E-state index is 2.46. The van der Waals surface area contributed by atoms with E-state index >= 15 is 0 Å². The summed E-state index contributed by atoms with van der Waals surface area (Å²) in [7, 11) is 0. The Morgan fingerprint density at radius 3 is 2.22 bits per heavy atom. The van der Waals surface area contributed by atoms with Gasteiger partial charge >= 0.3 is 0 Å². The molecule has 0 amide bonds. The highest BCUT2D eigenvalue weighted by molar-refractivity contribution is 5.88. The van der Waals surface area contributed by atoms with Crippen LogP contribution in [0.5, 0.6) is 0 Å². The molecule has 0 N–H and O–H groups in total. The second-order valence-corrected chi connectivity index (χ2v) is 6.60. The van der Waals surface area contributed by atoms with E-state index in [9.17, 15) is 0 Å². The molecule has 3 rings (SSSR count). The number of hydrogen-bond acceptors (Lipinski definition) is 0. The van der Waals surface area contributed by atoms with E-state index in [1.165, 1.54) is 42.0 Å². The van der Waals surface area contributed by atoms with E-state index < -0.39 is 0 Å². The monoisotopic (exact) mass is 238 g/mol. The molecule has 94 valence electrons. The van der Waals surface area contributed by atoms with Crippen molar-refractivity contribution in [2.75, 3.05) is 0 Å². The summed E-state index contributed by atoms with van der Waals surface area (Å²) in [6.45, 7) is 6.92. The van der Waals surface area contributed by atoms with Gasteiger partial charge in [0.2, 0.25) is 0 Å². The number of aryl methyl sites for hydroxylation is 2. The van der Waals surface area contributed by atoms with E-state index in [4.69, 9.17) is 0 Å². The molecule has 0 atom stereocenters. The lowest BCUT2D eigenvalue weighted by Crippen LogP contribution is -2.12. The Hall–Kier alpha value is -1.30. The average molecular weight is 238 g/mol. The molecule has 0 spiro atoms. The Morgan fingerprint density at radius 2 is 1.56 bits per heavy atom. The normalized spacial score (nSPS) is 15.7. The highest BCUT2D eigenvalue weighted by Gasteiger charge is 2.18. The van der Waals surface area contributed by atoms with Crippen LogP contribution < -0.4 is 0 Å². The number of benzene rings is 2. The largest absolute Gasteiger partial charge is 0.0613 e. The molecule has 0 heteroatoms. The first-order valence-electron chi connectivity index (χ1n) is 7.11. The van der Waals surface area contributed by atoms with Crippen molar-refractivity contribution in [1.82, 2.24) is 0 Å². The number of fused-ring (bicyclic) bond motifs is 2. The van der Waals surface area contributed by atoms with Crippen molar-refractivity contribution in [2.45, 2.75) is 51.9 Å². The lowest BCUT2D eigenvalue weighted by atomic mass is 9.81. The summed E-state index contributed by atoms with van der Waals surface area (Å²) >= 11 is 0. The Bertz CT molecular complexity index is 585. The fraction of sp³-hybridized carbons (Fsp3) is 0.444. The summed E-state index contributed by atoms with van der Waals surface area (Å²) in [6.07, 6.45) is 5.25. The molecular weight excluding hydrogens is 216 g/mol. The average Bonchev–Trinajstić information content (AvgIpc) is 2.34. The first kappa shape index (κ1) is 11.8. The summed E-state index contributed by atoms with van der Waals surface area (Å²) in [4.78, 5) is 0. The van der Waals surface area contributed by atoms with Gasteiger partial charge in [-0.2, -0.15) is 0 Å². The van der Waals surface area contributed by atoms with Crippen LogP contribution in [0.3, 0.4) is 0 Å². The fourth-order valence-electron chi connectivity index (χ4n) is 3.17. The summed E-state index contributed by atoms with van der Waals surface area (Å²) in [5, 5.41) is 2.88. The topological polar surface area (TPSA) is 0 Å². The Kier molecular flexibility index (Phi) is 2.69. The first-order chi connectivity index (χ1) is 8.55. The molecule has 0 fully saturated rings.